The number of sulfonamides is 1. The third kappa shape index (κ3) is 3.87. The number of amides is 1. The highest BCUT2D eigenvalue weighted by Gasteiger charge is 2.45. The number of fused-ring (bicyclic) bond motifs is 1. The molecule has 0 spiro atoms. The Morgan fingerprint density at radius 2 is 1.94 bits per heavy atom. The fraction of sp³-hybridized carbons (Fsp3) is 0.250. The molecule has 0 bridgehead atoms. The first-order chi connectivity index (χ1) is 14.7. The molecule has 0 saturated carbocycles. The molecule has 11 heteroatoms. The first-order valence-corrected chi connectivity index (χ1v) is 11.7. The summed E-state index contributed by atoms with van der Waals surface area (Å²) in [5.74, 6) is -1.93. The zero-order valence-corrected chi connectivity index (χ0v) is 18.4. The molecule has 2 aromatic heterocycles. The highest BCUT2D eigenvalue weighted by Crippen LogP contribution is 2.41. The third-order valence-corrected chi connectivity index (χ3v) is 8.44. The van der Waals surface area contributed by atoms with Crippen molar-refractivity contribution in [2.45, 2.75) is 30.6 Å². The average Bonchev–Trinajstić information content (AvgIpc) is 3.41. The van der Waals surface area contributed by atoms with E-state index < -0.39 is 22.0 Å². The van der Waals surface area contributed by atoms with Gasteiger partial charge in [0.05, 0.1) is 10.7 Å². The van der Waals surface area contributed by atoms with Gasteiger partial charge >= 0.3 is 5.97 Å². The van der Waals surface area contributed by atoms with Crippen molar-refractivity contribution in [2.75, 3.05) is 5.32 Å². The molecule has 1 atom stereocenters. The molecule has 162 valence electrons. The summed E-state index contributed by atoms with van der Waals surface area (Å²) in [5.41, 5.74) is 1.71. The van der Waals surface area contributed by atoms with Crippen LogP contribution in [0.1, 0.15) is 29.8 Å². The molecule has 9 nitrogen and oxygen atoms in total. The average molecular weight is 461 g/mol. The lowest BCUT2D eigenvalue weighted by Crippen LogP contribution is -2.44. The summed E-state index contributed by atoms with van der Waals surface area (Å²) in [5, 5.41) is 16.7. The lowest BCUT2D eigenvalue weighted by Gasteiger charge is -2.25. The van der Waals surface area contributed by atoms with E-state index in [0.717, 1.165) is 21.3 Å². The Morgan fingerprint density at radius 3 is 2.48 bits per heavy atom. The standard InChI is InChI=1S/C20H20N4O5S2/c1-12(2)17(19(26)27)24-11-14-10-16(30-20(14)31(24,28)29)22-18(25)13-4-6-15(7-5-13)23-9-3-8-21-23/h3-10,12,17H,11H2,1-2H3,(H,22,25)(H,26,27). The summed E-state index contributed by atoms with van der Waals surface area (Å²) >= 11 is 0.929. The van der Waals surface area contributed by atoms with Crippen molar-refractivity contribution in [3.8, 4) is 5.69 Å². The van der Waals surface area contributed by atoms with Crippen molar-refractivity contribution in [2.24, 2.45) is 5.92 Å². The molecule has 1 aliphatic rings. The fourth-order valence-electron chi connectivity index (χ4n) is 3.52. The van der Waals surface area contributed by atoms with Crippen LogP contribution in [0.2, 0.25) is 0 Å². The van der Waals surface area contributed by atoms with Crippen LogP contribution >= 0.6 is 11.3 Å². The summed E-state index contributed by atoms with van der Waals surface area (Å²) in [7, 11) is -3.94. The van der Waals surface area contributed by atoms with E-state index in [1.807, 2.05) is 0 Å². The maximum Gasteiger partial charge on any atom is 0.322 e. The molecule has 0 fully saturated rings. The van der Waals surface area contributed by atoms with Gasteiger partial charge in [0, 0.05) is 30.1 Å². The van der Waals surface area contributed by atoms with Gasteiger partial charge in [0.2, 0.25) is 0 Å². The van der Waals surface area contributed by atoms with Crippen molar-refractivity contribution < 1.29 is 23.1 Å². The van der Waals surface area contributed by atoms with Crippen LogP contribution in [0.25, 0.3) is 5.69 Å². The number of aliphatic carboxylic acids is 1. The number of thiophene rings is 1. The number of nitrogens with one attached hydrogen (secondary N) is 1. The number of hydrogen-bond acceptors (Lipinski definition) is 6. The second-order valence-electron chi connectivity index (χ2n) is 7.45. The van der Waals surface area contributed by atoms with Gasteiger partial charge in [0.15, 0.2) is 0 Å². The van der Waals surface area contributed by atoms with Crippen LogP contribution in [0.3, 0.4) is 0 Å². The van der Waals surface area contributed by atoms with Crippen molar-refractivity contribution in [3.63, 3.8) is 0 Å². The Balaban J connectivity index is 1.51. The van der Waals surface area contributed by atoms with Crippen molar-refractivity contribution >= 4 is 38.2 Å². The zero-order valence-electron chi connectivity index (χ0n) is 16.7. The molecule has 0 aliphatic carbocycles. The molecule has 1 unspecified atom stereocenters. The van der Waals surface area contributed by atoms with Crippen LogP contribution in [0, 0.1) is 5.92 Å². The summed E-state index contributed by atoms with van der Waals surface area (Å²) < 4.78 is 28.6. The summed E-state index contributed by atoms with van der Waals surface area (Å²) in [6.07, 6.45) is 3.45. The molecule has 4 rings (SSSR count). The molecule has 1 aliphatic heterocycles. The molecule has 3 heterocycles. The fourth-order valence-corrected chi connectivity index (χ4v) is 6.91. The lowest BCUT2D eigenvalue weighted by molar-refractivity contribution is -0.143. The zero-order chi connectivity index (χ0) is 22.3. The number of benzene rings is 1. The van der Waals surface area contributed by atoms with Crippen molar-refractivity contribution in [3.05, 3.63) is 59.9 Å². The minimum absolute atomic E-state index is 0.0300. The Labute approximate surface area is 183 Å². The van der Waals surface area contributed by atoms with Gasteiger partial charge in [0.1, 0.15) is 10.3 Å². The van der Waals surface area contributed by atoms with Gasteiger partial charge in [-0.3, -0.25) is 9.59 Å². The molecule has 2 N–H and O–H groups in total. The van der Waals surface area contributed by atoms with Gasteiger partial charge in [-0.1, -0.05) is 13.8 Å². The van der Waals surface area contributed by atoms with Crippen LogP contribution in [-0.4, -0.2) is 45.5 Å². The molecule has 0 radical (unpaired) electrons. The highest BCUT2D eigenvalue weighted by molar-refractivity contribution is 7.91. The number of carbonyl (C=O) groups is 2. The number of rotatable bonds is 6. The summed E-state index contributed by atoms with van der Waals surface area (Å²) in [6.45, 7) is 3.31. The smallest absolute Gasteiger partial charge is 0.322 e. The predicted octanol–water partition coefficient (Wildman–Crippen LogP) is 2.80. The van der Waals surface area contributed by atoms with Crippen molar-refractivity contribution in [1.82, 2.24) is 14.1 Å². The minimum Gasteiger partial charge on any atom is -0.480 e. The SMILES string of the molecule is CC(C)C(C(=O)O)N1Cc2cc(NC(=O)c3ccc(-n4cccn4)cc3)sc2S1(=O)=O. The molecular formula is C20H20N4O5S2. The second kappa shape index (κ2) is 7.91. The minimum atomic E-state index is -3.94. The van der Waals surface area contributed by atoms with E-state index in [1.165, 1.54) is 0 Å². The topological polar surface area (TPSA) is 122 Å². The molecule has 31 heavy (non-hydrogen) atoms. The Hall–Kier alpha value is -3.02. The Morgan fingerprint density at radius 1 is 1.23 bits per heavy atom. The maximum atomic E-state index is 12.9. The van der Waals surface area contributed by atoms with Crippen LogP contribution in [-0.2, 0) is 21.4 Å². The number of carbonyl (C=O) groups excluding carboxylic acids is 1. The lowest BCUT2D eigenvalue weighted by atomic mass is 10.0. The van der Waals surface area contributed by atoms with E-state index in [2.05, 4.69) is 10.4 Å². The van der Waals surface area contributed by atoms with Gasteiger partial charge in [-0.05, 0) is 42.3 Å². The predicted molar refractivity (Wildman–Crippen MR) is 115 cm³/mol. The van der Waals surface area contributed by atoms with E-state index in [4.69, 9.17) is 0 Å². The summed E-state index contributed by atoms with van der Waals surface area (Å²) in [4.78, 5) is 24.2. The number of hydrogen-bond donors (Lipinski definition) is 2. The molecule has 1 amide bonds. The van der Waals surface area contributed by atoms with Gasteiger partial charge in [-0.15, -0.1) is 11.3 Å². The van der Waals surface area contributed by atoms with Gasteiger partial charge in [-0.25, -0.2) is 13.1 Å². The Kier molecular flexibility index (Phi) is 5.42. The quantitative estimate of drug-likeness (QED) is 0.583. The maximum absolute atomic E-state index is 12.9. The van der Waals surface area contributed by atoms with Gasteiger partial charge in [-0.2, -0.15) is 9.40 Å². The Bertz CT molecular complexity index is 1230. The number of carboxylic acids is 1. The van der Waals surface area contributed by atoms with E-state index in [-0.39, 0.29) is 22.6 Å². The molecule has 0 saturated heterocycles. The van der Waals surface area contributed by atoms with Gasteiger partial charge < -0.3 is 10.4 Å². The van der Waals surface area contributed by atoms with E-state index in [1.54, 1.807) is 67.3 Å². The number of anilines is 1. The van der Waals surface area contributed by atoms with E-state index in [0.29, 0.717) is 16.1 Å². The highest BCUT2D eigenvalue weighted by atomic mass is 32.2. The number of nitrogens with zero attached hydrogens (tertiary/aromatic N) is 3. The second-order valence-corrected chi connectivity index (χ2v) is 10.6. The molecule has 1 aromatic carbocycles. The molecular weight excluding hydrogens is 440 g/mol. The number of aromatic nitrogens is 2. The van der Waals surface area contributed by atoms with Crippen LogP contribution in [0.15, 0.2) is 53.0 Å². The van der Waals surface area contributed by atoms with Crippen LogP contribution in [0.4, 0.5) is 5.00 Å². The normalized spacial score (nSPS) is 16.2. The van der Waals surface area contributed by atoms with Crippen LogP contribution in [0.5, 0.6) is 0 Å². The number of carboxylic acid groups (broad SMARTS) is 1. The van der Waals surface area contributed by atoms with Crippen LogP contribution < -0.4 is 5.32 Å². The van der Waals surface area contributed by atoms with E-state index >= 15 is 0 Å². The third-order valence-electron chi connectivity index (χ3n) is 4.97. The first-order valence-electron chi connectivity index (χ1n) is 9.47. The van der Waals surface area contributed by atoms with Gasteiger partial charge in [0.25, 0.3) is 15.9 Å². The van der Waals surface area contributed by atoms with E-state index in [9.17, 15) is 23.1 Å². The monoisotopic (exact) mass is 460 g/mol. The van der Waals surface area contributed by atoms with Crippen molar-refractivity contribution in [1.29, 1.82) is 0 Å². The first kappa shape index (κ1) is 21.2. The summed E-state index contributed by atoms with van der Waals surface area (Å²) in [6, 6.07) is 9.08. The molecule has 3 aromatic rings. The largest absolute Gasteiger partial charge is 0.480 e.